The molecule has 1 atom stereocenters. The van der Waals surface area contributed by atoms with Crippen LogP contribution in [0, 0.1) is 0 Å². The van der Waals surface area contributed by atoms with Crippen molar-refractivity contribution in [2.24, 2.45) is 0 Å². The molecule has 0 radical (unpaired) electrons. The van der Waals surface area contributed by atoms with E-state index in [1.165, 1.54) is 0 Å². The molecule has 1 unspecified atom stereocenters. The Morgan fingerprint density at radius 1 is 1.47 bits per heavy atom. The van der Waals surface area contributed by atoms with Crippen LogP contribution in [0.1, 0.15) is 26.2 Å². The van der Waals surface area contributed by atoms with Crippen LogP contribution in [0.2, 0.25) is 0 Å². The van der Waals surface area contributed by atoms with Crippen LogP contribution in [0.3, 0.4) is 0 Å². The van der Waals surface area contributed by atoms with Crippen molar-refractivity contribution in [3.63, 3.8) is 0 Å². The van der Waals surface area contributed by atoms with Crippen molar-refractivity contribution in [1.29, 1.82) is 0 Å². The van der Waals surface area contributed by atoms with Crippen LogP contribution in [0.4, 0.5) is 0 Å². The van der Waals surface area contributed by atoms with Gasteiger partial charge in [-0.1, -0.05) is 0 Å². The molecule has 0 aliphatic heterocycles. The maximum Gasteiger partial charge on any atom is 0.303 e. The van der Waals surface area contributed by atoms with Gasteiger partial charge < -0.3 is 15.5 Å². The number of carboxylic acid groups (broad SMARTS) is 1. The van der Waals surface area contributed by atoms with E-state index >= 15 is 0 Å². The lowest BCUT2D eigenvalue weighted by molar-refractivity contribution is -0.137. The van der Waals surface area contributed by atoms with Crippen molar-refractivity contribution in [2.75, 3.05) is 24.7 Å². The van der Waals surface area contributed by atoms with E-state index in [-0.39, 0.29) is 19.1 Å². The quantitative estimate of drug-likeness (QED) is 0.492. The zero-order valence-corrected chi connectivity index (χ0v) is 10.1. The fourth-order valence-corrected chi connectivity index (χ4v) is 1.89. The number of thioether (sulfide) groups is 1. The van der Waals surface area contributed by atoms with Crippen LogP contribution < -0.4 is 5.32 Å². The summed E-state index contributed by atoms with van der Waals surface area (Å²) >= 11 is 1.81. The van der Waals surface area contributed by atoms with E-state index in [2.05, 4.69) is 5.32 Å². The number of aliphatic carboxylic acids is 1. The predicted octanol–water partition coefficient (Wildman–Crippen LogP) is 0.945. The number of carbonyl (C=O) groups is 1. The summed E-state index contributed by atoms with van der Waals surface area (Å²) in [7, 11) is 0. The van der Waals surface area contributed by atoms with Gasteiger partial charge in [0.15, 0.2) is 0 Å². The molecule has 0 amide bonds. The van der Waals surface area contributed by atoms with E-state index in [1.54, 1.807) is 11.8 Å². The van der Waals surface area contributed by atoms with Crippen LogP contribution in [0.25, 0.3) is 0 Å². The highest BCUT2D eigenvalue weighted by Crippen LogP contribution is 2.01. The van der Waals surface area contributed by atoms with E-state index in [0.717, 1.165) is 24.5 Å². The fraction of sp³-hybridized carbons (Fsp3) is 0.900. The highest BCUT2D eigenvalue weighted by Gasteiger charge is 2.03. The molecule has 0 rings (SSSR count). The van der Waals surface area contributed by atoms with Crippen molar-refractivity contribution in [1.82, 2.24) is 5.32 Å². The zero-order chi connectivity index (χ0) is 11.5. The first-order valence-corrected chi connectivity index (χ1v) is 6.46. The number of rotatable bonds is 10. The molecule has 0 bridgehead atoms. The van der Waals surface area contributed by atoms with Gasteiger partial charge in [0, 0.05) is 31.4 Å². The van der Waals surface area contributed by atoms with Gasteiger partial charge in [-0.2, -0.15) is 11.8 Å². The zero-order valence-electron chi connectivity index (χ0n) is 9.24. The van der Waals surface area contributed by atoms with Gasteiger partial charge in [-0.25, -0.2) is 0 Å². The third-order valence-corrected chi connectivity index (χ3v) is 3.05. The van der Waals surface area contributed by atoms with Crippen molar-refractivity contribution in [3.8, 4) is 0 Å². The Labute approximate surface area is 95.4 Å². The molecule has 0 spiro atoms. The standard InChI is InChI=1S/C10H21NO3S/c1-9(3-4-10(13)14)11-5-8-15-7-2-6-12/h9,11-12H,2-8H2,1H3,(H,13,14). The van der Waals surface area contributed by atoms with Gasteiger partial charge in [0.25, 0.3) is 0 Å². The number of hydrogen-bond donors (Lipinski definition) is 3. The van der Waals surface area contributed by atoms with Gasteiger partial charge in [0.2, 0.25) is 0 Å². The normalized spacial score (nSPS) is 12.7. The third kappa shape index (κ3) is 11.7. The molecule has 90 valence electrons. The Bertz CT molecular complexity index is 167. The lowest BCUT2D eigenvalue weighted by Crippen LogP contribution is -2.28. The minimum atomic E-state index is -0.735. The monoisotopic (exact) mass is 235 g/mol. The van der Waals surface area contributed by atoms with Gasteiger partial charge in [0.1, 0.15) is 0 Å². The van der Waals surface area contributed by atoms with Gasteiger partial charge in [-0.3, -0.25) is 4.79 Å². The van der Waals surface area contributed by atoms with E-state index in [0.29, 0.717) is 6.42 Å². The third-order valence-electron chi connectivity index (χ3n) is 1.98. The van der Waals surface area contributed by atoms with E-state index < -0.39 is 5.97 Å². The molecular formula is C10H21NO3S. The van der Waals surface area contributed by atoms with Crippen LogP contribution in [0.5, 0.6) is 0 Å². The Balaban J connectivity index is 3.16. The maximum absolute atomic E-state index is 10.3. The summed E-state index contributed by atoms with van der Waals surface area (Å²) in [6.07, 6.45) is 1.75. The molecule has 0 aromatic carbocycles. The van der Waals surface area contributed by atoms with Crippen molar-refractivity contribution in [3.05, 3.63) is 0 Å². The molecule has 0 aliphatic carbocycles. The Kier molecular flexibility index (Phi) is 10.1. The number of nitrogens with one attached hydrogen (secondary N) is 1. The largest absolute Gasteiger partial charge is 0.481 e. The minimum absolute atomic E-state index is 0.228. The summed E-state index contributed by atoms with van der Waals surface area (Å²) in [5.41, 5.74) is 0. The van der Waals surface area contributed by atoms with Crippen molar-refractivity contribution in [2.45, 2.75) is 32.2 Å². The van der Waals surface area contributed by atoms with E-state index in [4.69, 9.17) is 10.2 Å². The average molecular weight is 235 g/mol. The van der Waals surface area contributed by atoms with Crippen LogP contribution in [0.15, 0.2) is 0 Å². The summed E-state index contributed by atoms with van der Waals surface area (Å²) in [5, 5.41) is 20.3. The molecule has 0 saturated heterocycles. The van der Waals surface area contributed by atoms with E-state index in [1.807, 2.05) is 6.92 Å². The van der Waals surface area contributed by atoms with Crippen molar-refractivity contribution >= 4 is 17.7 Å². The Morgan fingerprint density at radius 2 is 2.20 bits per heavy atom. The highest BCUT2D eigenvalue weighted by atomic mass is 32.2. The minimum Gasteiger partial charge on any atom is -0.481 e. The molecule has 0 aliphatic rings. The number of aliphatic hydroxyl groups excluding tert-OH is 1. The summed E-state index contributed by atoms with van der Waals surface area (Å²) < 4.78 is 0. The Hall–Kier alpha value is -0.260. The molecule has 0 aromatic rings. The number of hydrogen-bond acceptors (Lipinski definition) is 4. The van der Waals surface area contributed by atoms with Gasteiger partial charge in [-0.15, -0.1) is 0 Å². The van der Waals surface area contributed by atoms with Crippen LogP contribution >= 0.6 is 11.8 Å². The summed E-state index contributed by atoms with van der Waals surface area (Å²) in [5.74, 6) is 1.26. The van der Waals surface area contributed by atoms with Crippen molar-refractivity contribution < 1.29 is 15.0 Å². The second-order valence-corrected chi connectivity index (χ2v) is 4.70. The van der Waals surface area contributed by atoms with E-state index in [9.17, 15) is 4.79 Å². The predicted molar refractivity (Wildman–Crippen MR) is 63.4 cm³/mol. The topological polar surface area (TPSA) is 69.6 Å². The number of aliphatic hydroxyl groups is 1. The molecule has 3 N–H and O–H groups in total. The smallest absolute Gasteiger partial charge is 0.303 e. The second-order valence-electron chi connectivity index (χ2n) is 3.48. The summed E-state index contributed by atoms with van der Waals surface area (Å²) in [4.78, 5) is 10.3. The average Bonchev–Trinajstić information content (AvgIpc) is 2.20. The molecule has 0 saturated carbocycles. The van der Waals surface area contributed by atoms with Gasteiger partial charge in [0.05, 0.1) is 0 Å². The number of carboxylic acids is 1. The SMILES string of the molecule is CC(CCC(=O)O)NCCSCCCO. The molecule has 4 nitrogen and oxygen atoms in total. The first-order valence-electron chi connectivity index (χ1n) is 5.30. The first-order chi connectivity index (χ1) is 7.16. The molecule has 0 heterocycles. The molecule has 5 heteroatoms. The summed E-state index contributed by atoms with van der Waals surface area (Å²) in [6.45, 7) is 3.16. The maximum atomic E-state index is 10.3. The van der Waals surface area contributed by atoms with Gasteiger partial charge in [-0.05, 0) is 25.5 Å². The molecule has 15 heavy (non-hydrogen) atoms. The highest BCUT2D eigenvalue weighted by molar-refractivity contribution is 7.99. The fourth-order valence-electron chi connectivity index (χ4n) is 1.09. The first kappa shape index (κ1) is 14.7. The van der Waals surface area contributed by atoms with Crippen LogP contribution in [-0.4, -0.2) is 46.9 Å². The lowest BCUT2D eigenvalue weighted by atomic mass is 10.2. The van der Waals surface area contributed by atoms with Gasteiger partial charge >= 0.3 is 5.97 Å². The molecule has 0 aromatic heterocycles. The summed E-state index contributed by atoms with van der Waals surface area (Å²) in [6, 6.07) is 0.263. The van der Waals surface area contributed by atoms with Crippen LogP contribution in [-0.2, 0) is 4.79 Å². The Morgan fingerprint density at radius 3 is 2.80 bits per heavy atom. The lowest BCUT2D eigenvalue weighted by Gasteiger charge is -2.11. The second kappa shape index (κ2) is 10.3. The molecular weight excluding hydrogens is 214 g/mol. The molecule has 0 fully saturated rings.